The molecular weight excluding hydrogens is 258 g/mol. The summed E-state index contributed by atoms with van der Waals surface area (Å²) in [4.78, 5) is 11.9. The fourth-order valence-corrected chi connectivity index (χ4v) is 1.75. The van der Waals surface area contributed by atoms with Crippen molar-refractivity contribution in [3.8, 4) is 0 Å². The Balaban J connectivity index is 2.04. The van der Waals surface area contributed by atoms with Crippen LogP contribution in [0.2, 0.25) is 5.02 Å². The lowest BCUT2D eigenvalue weighted by molar-refractivity contribution is 0.0865. The zero-order chi connectivity index (χ0) is 12.4. The van der Waals surface area contributed by atoms with Crippen LogP contribution < -0.4 is 11.2 Å². The van der Waals surface area contributed by atoms with Crippen LogP contribution in [0.15, 0.2) is 24.3 Å². The molecule has 0 saturated heterocycles. The molecule has 2 rings (SSSR count). The van der Waals surface area contributed by atoms with Crippen molar-refractivity contribution >= 4 is 34.8 Å². The lowest BCUT2D eigenvalue weighted by atomic mass is 10.2. The van der Waals surface area contributed by atoms with Crippen molar-refractivity contribution in [2.24, 2.45) is 5.73 Å². The number of amides is 1. The summed E-state index contributed by atoms with van der Waals surface area (Å²) in [5.41, 5.74) is 8.77. The van der Waals surface area contributed by atoms with E-state index in [0.29, 0.717) is 10.6 Å². The minimum Gasteiger partial charge on any atom is -0.375 e. The van der Waals surface area contributed by atoms with Crippen molar-refractivity contribution in [2.75, 3.05) is 0 Å². The second-order valence-corrected chi connectivity index (χ2v) is 4.74. The minimum absolute atomic E-state index is 0.190. The Bertz CT molecular complexity index is 445. The Kier molecular flexibility index (Phi) is 3.49. The van der Waals surface area contributed by atoms with Crippen LogP contribution in [0.1, 0.15) is 23.2 Å². The molecule has 1 aliphatic rings. The van der Waals surface area contributed by atoms with Crippen LogP contribution >= 0.6 is 23.8 Å². The molecule has 1 amide bonds. The third kappa shape index (κ3) is 3.08. The minimum atomic E-state index is -0.235. The zero-order valence-electron chi connectivity index (χ0n) is 9.02. The third-order valence-electron chi connectivity index (χ3n) is 2.48. The number of carbonyl (C=O) groups excluding carboxylic acids is 1. The van der Waals surface area contributed by atoms with Gasteiger partial charge in [0, 0.05) is 10.6 Å². The fraction of sp³-hybridized carbons (Fsp3) is 0.273. The Labute approximate surface area is 110 Å². The van der Waals surface area contributed by atoms with Gasteiger partial charge in [-0.15, -0.1) is 0 Å². The van der Waals surface area contributed by atoms with E-state index in [1.54, 1.807) is 29.3 Å². The molecular formula is C11H12ClN3OS. The van der Waals surface area contributed by atoms with Crippen molar-refractivity contribution in [3.05, 3.63) is 34.9 Å². The van der Waals surface area contributed by atoms with Gasteiger partial charge in [0.15, 0.2) is 5.11 Å². The maximum Gasteiger partial charge on any atom is 0.269 e. The van der Waals surface area contributed by atoms with Gasteiger partial charge in [0.25, 0.3) is 5.91 Å². The Morgan fingerprint density at radius 1 is 1.41 bits per heavy atom. The molecule has 1 saturated carbocycles. The molecule has 0 spiro atoms. The van der Waals surface area contributed by atoms with Gasteiger partial charge in [-0.25, -0.2) is 0 Å². The van der Waals surface area contributed by atoms with E-state index in [2.05, 4.69) is 5.43 Å². The lowest BCUT2D eigenvalue weighted by Gasteiger charge is -2.22. The SMILES string of the molecule is NC(=S)N(NC(=O)c1ccc(Cl)cc1)C1CC1. The molecule has 1 fully saturated rings. The molecule has 17 heavy (non-hydrogen) atoms. The quantitative estimate of drug-likeness (QED) is 0.634. The second kappa shape index (κ2) is 4.89. The van der Waals surface area contributed by atoms with Crippen LogP contribution in [0.25, 0.3) is 0 Å². The van der Waals surface area contributed by atoms with E-state index in [9.17, 15) is 4.79 Å². The van der Waals surface area contributed by atoms with E-state index < -0.39 is 0 Å². The average Bonchev–Trinajstić information content (AvgIpc) is 3.10. The van der Waals surface area contributed by atoms with E-state index in [1.807, 2.05) is 0 Å². The van der Waals surface area contributed by atoms with E-state index in [0.717, 1.165) is 12.8 Å². The van der Waals surface area contributed by atoms with Crippen molar-refractivity contribution in [2.45, 2.75) is 18.9 Å². The summed E-state index contributed by atoms with van der Waals surface area (Å²) < 4.78 is 0. The molecule has 6 heteroatoms. The summed E-state index contributed by atoms with van der Waals surface area (Å²) in [6.07, 6.45) is 2.00. The molecule has 0 heterocycles. The van der Waals surface area contributed by atoms with Gasteiger partial charge in [0.2, 0.25) is 0 Å². The summed E-state index contributed by atoms with van der Waals surface area (Å²) in [5, 5.41) is 2.33. The largest absolute Gasteiger partial charge is 0.375 e. The topological polar surface area (TPSA) is 58.4 Å². The van der Waals surface area contributed by atoms with E-state index in [4.69, 9.17) is 29.6 Å². The highest BCUT2D eigenvalue weighted by Gasteiger charge is 2.31. The number of benzene rings is 1. The molecule has 0 aliphatic heterocycles. The van der Waals surface area contributed by atoms with Gasteiger partial charge in [-0.2, -0.15) is 0 Å². The molecule has 0 aromatic heterocycles. The first kappa shape index (κ1) is 12.1. The normalized spacial score (nSPS) is 14.2. The maximum absolute atomic E-state index is 11.9. The summed E-state index contributed by atoms with van der Waals surface area (Å²) in [5.74, 6) is -0.235. The fourth-order valence-electron chi connectivity index (χ4n) is 1.43. The molecule has 1 aromatic rings. The number of nitrogens with zero attached hydrogens (tertiary/aromatic N) is 1. The summed E-state index contributed by atoms with van der Waals surface area (Å²) in [6, 6.07) is 6.88. The number of thiocarbonyl (C=S) groups is 1. The van der Waals surface area contributed by atoms with E-state index in [1.165, 1.54) is 0 Å². The van der Waals surface area contributed by atoms with Gasteiger partial charge < -0.3 is 5.73 Å². The monoisotopic (exact) mass is 269 g/mol. The van der Waals surface area contributed by atoms with Gasteiger partial charge in [-0.1, -0.05) is 11.6 Å². The highest BCUT2D eigenvalue weighted by atomic mass is 35.5. The average molecular weight is 270 g/mol. The van der Waals surface area contributed by atoms with E-state index in [-0.39, 0.29) is 17.1 Å². The van der Waals surface area contributed by atoms with E-state index >= 15 is 0 Å². The smallest absolute Gasteiger partial charge is 0.269 e. The van der Waals surface area contributed by atoms with Crippen LogP contribution in [0, 0.1) is 0 Å². The molecule has 4 nitrogen and oxygen atoms in total. The van der Waals surface area contributed by atoms with Gasteiger partial charge in [0.1, 0.15) is 0 Å². The molecule has 90 valence electrons. The van der Waals surface area contributed by atoms with Gasteiger partial charge in [0.05, 0.1) is 6.04 Å². The second-order valence-electron chi connectivity index (χ2n) is 3.89. The number of halogens is 1. The Morgan fingerprint density at radius 3 is 2.47 bits per heavy atom. The molecule has 0 atom stereocenters. The van der Waals surface area contributed by atoms with Crippen molar-refractivity contribution in [1.29, 1.82) is 0 Å². The predicted octanol–water partition coefficient (Wildman–Crippen LogP) is 1.69. The lowest BCUT2D eigenvalue weighted by Crippen LogP contribution is -2.49. The highest BCUT2D eigenvalue weighted by molar-refractivity contribution is 7.80. The first-order valence-electron chi connectivity index (χ1n) is 5.23. The van der Waals surface area contributed by atoms with Crippen molar-refractivity contribution < 1.29 is 4.79 Å². The first-order chi connectivity index (χ1) is 8.08. The number of hydrazine groups is 1. The summed E-state index contributed by atoms with van der Waals surface area (Å²) >= 11 is 10.6. The van der Waals surface area contributed by atoms with Gasteiger partial charge in [-0.05, 0) is 49.3 Å². The van der Waals surface area contributed by atoms with Crippen molar-refractivity contribution in [3.63, 3.8) is 0 Å². The third-order valence-corrected chi connectivity index (χ3v) is 2.93. The van der Waals surface area contributed by atoms with Crippen LogP contribution in [0.3, 0.4) is 0 Å². The number of rotatable bonds is 2. The molecule has 0 radical (unpaired) electrons. The van der Waals surface area contributed by atoms with Crippen LogP contribution in [0.5, 0.6) is 0 Å². The van der Waals surface area contributed by atoms with Gasteiger partial charge >= 0.3 is 0 Å². The van der Waals surface area contributed by atoms with Gasteiger partial charge in [-0.3, -0.25) is 15.2 Å². The molecule has 0 unspecified atom stereocenters. The van der Waals surface area contributed by atoms with Crippen LogP contribution in [0.4, 0.5) is 0 Å². The standard InChI is InChI=1S/C11H12ClN3OS/c12-8-3-1-7(2-4-8)10(16)14-15(11(13)17)9-5-6-9/h1-4,9H,5-6H2,(H2,13,17)(H,14,16). The van der Waals surface area contributed by atoms with Crippen LogP contribution in [-0.2, 0) is 0 Å². The predicted molar refractivity (Wildman–Crippen MR) is 70.6 cm³/mol. The molecule has 0 bridgehead atoms. The highest BCUT2D eigenvalue weighted by Crippen LogP contribution is 2.25. The molecule has 3 N–H and O–H groups in total. The zero-order valence-corrected chi connectivity index (χ0v) is 10.6. The first-order valence-corrected chi connectivity index (χ1v) is 6.02. The number of nitrogens with two attached hydrogens (primary N) is 1. The van der Waals surface area contributed by atoms with Crippen LogP contribution in [-0.4, -0.2) is 22.1 Å². The van der Waals surface area contributed by atoms with Crippen molar-refractivity contribution in [1.82, 2.24) is 10.4 Å². The number of hydrogen-bond donors (Lipinski definition) is 2. The summed E-state index contributed by atoms with van der Waals surface area (Å²) in [7, 11) is 0. The Morgan fingerprint density at radius 2 is 2.00 bits per heavy atom. The maximum atomic E-state index is 11.9. The Hall–Kier alpha value is -1.33. The number of carbonyl (C=O) groups is 1. The molecule has 1 aliphatic carbocycles. The summed E-state index contributed by atoms with van der Waals surface area (Å²) in [6.45, 7) is 0. The number of hydrogen-bond acceptors (Lipinski definition) is 2. The molecule has 1 aromatic carbocycles. The number of nitrogens with one attached hydrogen (secondary N) is 1.